The lowest BCUT2D eigenvalue weighted by atomic mass is 9.84. The smallest absolute Gasteiger partial charge is 0.407 e. The minimum Gasteiger partial charge on any atom is -0.453 e. The van der Waals surface area contributed by atoms with Gasteiger partial charge >= 0.3 is 6.09 Å². The van der Waals surface area contributed by atoms with Crippen molar-refractivity contribution in [2.45, 2.75) is 37.4 Å². The number of amides is 3. The Morgan fingerprint density at radius 3 is 2.23 bits per heavy atom. The molecule has 1 aliphatic heterocycles. The third kappa shape index (κ3) is 6.45. The predicted molar refractivity (Wildman–Crippen MR) is 148 cm³/mol. The molecule has 0 spiro atoms. The third-order valence-corrected chi connectivity index (χ3v) is 7.00. The monoisotopic (exact) mass is 545 g/mol. The third-order valence-electron chi connectivity index (χ3n) is 7.00. The molecule has 1 aliphatic rings. The molecule has 5 N–H and O–H groups in total. The lowest BCUT2D eigenvalue weighted by Crippen LogP contribution is -2.55. The van der Waals surface area contributed by atoms with Crippen LogP contribution >= 0.6 is 0 Å². The summed E-state index contributed by atoms with van der Waals surface area (Å²) in [5.74, 6) is -2.36. The molecule has 1 saturated heterocycles. The van der Waals surface area contributed by atoms with Crippen molar-refractivity contribution in [3.05, 3.63) is 107 Å². The van der Waals surface area contributed by atoms with Gasteiger partial charge in [-0.2, -0.15) is 0 Å². The number of hydrogen-bond donors (Lipinski definition) is 4. The van der Waals surface area contributed by atoms with E-state index in [1.165, 1.54) is 24.1 Å². The Hall–Kier alpha value is -4.73. The van der Waals surface area contributed by atoms with Gasteiger partial charge in [-0.1, -0.05) is 66.7 Å². The number of amidine groups is 1. The van der Waals surface area contributed by atoms with Crippen LogP contribution < -0.4 is 16.4 Å². The highest BCUT2D eigenvalue weighted by atomic mass is 19.1. The van der Waals surface area contributed by atoms with E-state index >= 15 is 0 Å². The molecule has 0 bridgehead atoms. The summed E-state index contributed by atoms with van der Waals surface area (Å²) < 4.78 is 19.1. The number of nitrogens with two attached hydrogens (primary N) is 1. The highest BCUT2D eigenvalue weighted by Gasteiger charge is 2.41. The maximum atomic E-state index is 14.2. The van der Waals surface area contributed by atoms with Crippen LogP contribution in [0, 0.1) is 11.2 Å². The molecular formula is C30H32FN5O4. The molecule has 4 rings (SSSR count). The van der Waals surface area contributed by atoms with Gasteiger partial charge in [0.1, 0.15) is 23.7 Å². The van der Waals surface area contributed by atoms with Crippen LogP contribution in [0.5, 0.6) is 0 Å². The lowest BCUT2D eigenvalue weighted by Gasteiger charge is -2.33. The Balaban J connectivity index is 1.58. The zero-order valence-electron chi connectivity index (χ0n) is 22.1. The number of ether oxygens (including phenoxy) is 1. The molecule has 3 aromatic carbocycles. The minimum absolute atomic E-state index is 0.0156. The number of nitrogens with one attached hydrogen (secondary N) is 3. The highest BCUT2D eigenvalue weighted by Crippen LogP contribution is 2.31. The van der Waals surface area contributed by atoms with Gasteiger partial charge in [0.15, 0.2) is 0 Å². The second-order valence-electron chi connectivity index (χ2n) is 9.55. The van der Waals surface area contributed by atoms with Crippen molar-refractivity contribution in [2.24, 2.45) is 5.73 Å². The van der Waals surface area contributed by atoms with Crippen molar-refractivity contribution in [3.8, 4) is 0 Å². The number of hydrogen-bond acceptors (Lipinski definition) is 5. The molecule has 40 heavy (non-hydrogen) atoms. The number of nitrogens with zero attached hydrogens (tertiary/aromatic N) is 1. The second-order valence-corrected chi connectivity index (χ2v) is 9.55. The summed E-state index contributed by atoms with van der Waals surface area (Å²) in [6.07, 6.45) is 0.297. The molecule has 0 aliphatic carbocycles. The van der Waals surface area contributed by atoms with E-state index in [2.05, 4.69) is 10.6 Å². The first kappa shape index (κ1) is 28.3. The first-order valence-electron chi connectivity index (χ1n) is 13.0. The van der Waals surface area contributed by atoms with E-state index in [0.717, 1.165) is 11.1 Å². The molecule has 0 saturated carbocycles. The van der Waals surface area contributed by atoms with Gasteiger partial charge in [-0.25, -0.2) is 9.18 Å². The van der Waals surface area contributed by atoms with E-state index in [9.17, 15) is 18.8 Å². The summed E-state index contributed by atoms with van der Waals surface area (Å²) >= 11 is 0. The van der Waals surface area contributed by atoms with Crippen LogP contribution in [0.15, 0.2) is 78.9 Å². The van der Waals surface area contributed by atoms with Crippen molar-refractivity contribution in [1.82, 2.24) is 15.5 Å². The average Bonchev–Trinajstić information content (AvgIpc) is 3.46. The number of nitrogen functional groups attached to an aromatic ring is 1. The summed E-state index contributed by atoms with van der Waals surface area (Å²) in [6.45, 7) is 0.376. The fourth-order valence-corrected chi connectivity index (χ4v) is 5.05. The maximum Gasteiger partial charge on any atom is 0.407 e. The van der Waals surface area contributed by atoms with Crippen LogP contribution in [0.25, 0.3) is 0 Å². The predicted octanol–water partition coefficient (Wildman–Crippen LogP) is 3.27. The van der Waals surface area contributed by atoms with Crippen LogP contribution in [0.3, 0.4) is 0 Å². The number of methoxy groups -OCH3 is 1. The van der Waals surface area contributed by atoms with Crippen LogP contribution in [-0.4, -0.2) is 54.4 Å². The Morgan fingerprint density at radius 2 is 1.68 bits per heavy atom. The number of carbonyl (C=O) groups excluding carboxylic acids is 3. The van der Waals surface area contributed by atoms with Gasteiger partial charge in [0.05, 0.1) is 12.7 Å². The van der Waals surface area contributed by atoms with E-state index in [0.29, 0.717) is 24.9 Å². The van der Waals surface area contributed by atoms with Crippen molar-refractivity contribution >= 4 is 23.7 Å². The SMILES string of the molecule is COC(=O)NC(C(=O)N1CCC[C@H]1C(=O)NCc1ccc(C(=N)N)c(F)c1)C(c1ccccc1)c1ccccc1. The largest absolute Gasteiger partial charge is 0.453 e. The molecule has 208 valence electrons. The van der Waals surface area contributed by atoms with Gasteiger partial charge in [-0.15, -0.1) is 0 Å². The lowest BCUT2D eigenvalue weighted by molar-refractivity contribution is -0.140. The quantitative estimate of drug-likeness (QED) is 0.242. The van der Waals surface area contributed by atoms with Gasteiger partial charge in [0.2, 0.25) is 11.8 Å². The summed E-state index contributed by atoms with van der Waals surface area (Å²) in [5, 5.41) is 12.9. The fraction of sp³-hybridized carbons (Fsp3) is 0.267. The number of alkyl carbamates (subject to hydrolysis) is 1. The van der Waals surface area contributed by atoms with E-state index < -0.39 is 35.8 Å². The first-order chi connectivity index (χ1) is 19.3. The molecule has 3 aromatic rings. The van der Waals surface area contributed by atoms with Gasteiger partial charge in [0.25, 0.3) is 0 Å². The van der Waals surface area contributed by atoms with E-state index in [1.54, 1.807) is 6.07 Å². The normalized spacial score (nSPS) is 15.4. The zero-order valence-corrected chi connectivity index (χ0v) is 22.1. The summed E-state index contributed by atoms with van der Waals surface area (Å²) in [4.78, 5) is 41.3. The van der Waals surface area contributed by atoms with Gasteiger partial charge in [0, 0.05) is 19.0 Å². The molecular weight excluding hydrogens is 513 g/mol. The molecule has 9 nitrogen and oxygen atoms in total. The number of halogens is 1. The van der Waals surface area contributed by atoms with Crippen molar-refractivity contribution in [1.29, 1.82) is 5.41 Å². The number of benzene rings is 3. The summed E-state index contributed by atoms with van der Waals surface area (Å²) in [6, 6.07) is 21.1. The number of carbonyl (C=O) groups is 3. The number of likely N-dealkylation sites (tertiary alicyclic amines) is 1. The number of rotatable bonds is 9. The standard InChI is InChI=1S/C30H32FN5O4/c1-40-30(39)35-26(25(20-9-4-2-5-10-20)21-11-6-3-7-12-21)29(38)36-16-8-13-24(36)28(37)34-18-19-14-15-22(27(32)33)23(31)17-19/h2-7,9-12,14-15,17,24-26H,8,13,16,18H2,1H3,(H3,32,33)(H,34,37)(H,35,39)/t24-,26?/m0/s1. The van der Waals surface area contributed by atoms with Crippen LogP contribution in [-0.2, 0) is 20.9 Å². The van der Waals surface area contributed by atoms with Crippen LogP contribution in [0.2, 0.25) is 0 Å². The van der Waals surface area contributed by atoms with Gasteiger partial charge < -0.3 is 26.0 Å². The fourth-order valence-electron chi connectivity index (χ4n) is 5.05. The van der Waals surface area contributed by atoms with Gasteiger partial charge in [-0.3, -0.25) is 15.0 Å². The Morgan fingerprint density at radius 1 is 1.05 bits per heavy atom. The second kappa shape index (κ2) is 12.9. The highest BCUT2D eigenvalue weighted by molar-refractivity contribution is 5.95. The molecule has 1 fully saturated rings. The molecule has 0 aromatic heterocycles. The minimum atomic E-state index is -1.04. The summed E-state index contributed by atoms with van der Waals surface area (Å²) in [7, 11) is 1.23. The Labute approximate surface area is 232 Å². The van der Waals surface area contributed by atoms with Crippen molar-refractivity contribution in [3.63, 3.8) is 0 Å². The van der Waals surface area contributed by atoms with Crippen LogP contribution in [0.4, 0.5) is 9.18 Å². The Kier molecular flexibility index (Phi) is 9.11. The van der Waals surface area contributed by atoms with Crippen molar-refractivity contribution in [2.75, 3.05) is 13.7 Å². The average molecular weight is 546 g/mol. The van der Waals surface area contributed by atoms with E-state index in [1.807, 2.05) is 60.7 Å². The maximum absolute atomic E-state index is 14.2. The molecule has 2 atom stereocenters. The molecule has 1 heterocycles. The topological polar surface area (TPSA) is 138 Å². The van der Waals surface area contributed by atoms with Crippen molar-refractivity contribution < 1.29 is 23.5 Å². The first-order valence-corrected chi connectivity index (χ1v) is 13.0. The zero-order chi connectivity index (χ0) is 28.6. The molecule has 3 amide bonds. The molecule has 10 heteroatoms. The molecule has 0 radical (unpaired) electrons. The van der Waals surface area contributed by atoms with E-state index in [4.69, 9.17) is 15.9 Å². The summed E-state index contributed by atoms with van der Waals surface area (Å²) in [5.41, 5.74) is 7.49. The Bertz CT molecular complexity index is 1330. The van der Waals surface area contributed by atoms with E-state index in [-0.39, 0.29) is 23.9 Å². The molecule has 1 unspecified atom stereocenters. The van der Waals surface area contributed by atoms with Crippen LogP contribution in [0.1, 0.15) is 41.0 Å². The van der Waals surface area contributed by atoms with Gasteiger partial charge in [-0.05, 0) is 41.7 Å².